The highest BCUT2D eigenvalue weighted by atomic mass is 16.5. The van der Waals surface area contributed by atoms with E-state index in [4.69, 9.17) is 4.74 Å². The van der Waals surface area contributed by atoms with Crippen molar-refractivity contribution in [1.82, 2.24) is 0 Å². The van der Waals surface area contributed by atoms with Crippen LogP contribution in [0.15, 0.2) is 54.6 Å². The van der Waals surface area contributed by atoms with Crippen molar-refractivity contribution in [2.24, 2.45) is 5.92 Å². The topological polar surface area (TPSA) is 21.3 Å². The fourth-order valence-corrected chi connectivity index (χ4v) is 2.45. The number of benzene rings is 2. The summed E-state index contributed by atoms with van der Waals surface area (Å²) in [7, 11) is 1.71. The second-order valence-corrected chi connectivity index (χ2v) is 5.34. The molecule has 0 aliphatic carbocycles. The largest absolute Gasteiger partial charge is 0.495 e. The highest BCUT2D eigenvalue weighted by Gasteiger charge is 2.15. The van der Waals surface area contributed by atoms with Gasteiger partial charge in [-0.25, -0.2) is 0 Å². The fourth-order valence-electron chi connectivity index (χ4n) is 2.45. The number of hydrogen-bond acceptors (Lipinski definition) is 2. The lowest BCUT2D eigenvalue weighted by atomic mass is 9.88. The molecular formula is C18H23NO. The molecule has 0 spiro atoms. The standard InChI is InChI=1S/C18H23NO/c1-14(2)16(15-9-5-4-6-10-15)13-19-17-11-7-8-12-18(17)20-3/h4-12,14,16,19H,13H2,1-3H3. The Morgan fingerprint density at radius 2 is 1.60 bits per heavy atom. The zero-order valence-electron chi connectivity index (χ0n) is 12.5. The van der Waals surface area contributed by atoms with Crippen molar-refractivity contribution >= 4 is 5.69 Å². The zero-order valence-corrected chi connectivity index (χ0v) is 12.5. The summed E-state index contributed by atoms with van der Waals surface area (Å²) in [6.45, 7) is 5.44. The molecule has 0 amide bonds. The molecular weight excluding hydrogens is 246 g/mol. The first kappa shape index (κ1) is 14.4. The average molecular weight is 269 g/mol. The van der Waals surface area contributed by atoms with Crippen LogP contribution in [0.3, 0.4) is 0 Å². The van der Waals surface area contributed by atoms with E-state index in [1.807, 2.05) is 18.2 Å². The Morgan fingerprint density at radius 3 is 2.25 bits per heavy atom. The van der Waals surface area contributed by atoms with Gasteiger partial charge < -0.3 is 10.1 Å². The van der Waals surface area contributed by atoms with Crippen molar-refractivity contribution in [3.63, 3.8) is 0 Å². The van der Waals surface area contributed by atoms with Crippen LogP contribution in [0.4, 0.5) is 5.69 Å². The highest BCUT2D eigenvalue weighted by Crippen LogP contribution is 2.28. The molecule has 1 unspecified atom stereocenters. The van der Waals surface area contributed by atoms with Gasteiger partial charge in [0.2, 0.25) is 0 Å². The molecule has 0 aromatic heterocycles. The number of para-hydroxylation sites is 2. The number of methoxy groups -OCH3 is 1. The molecule has 2 aromatic rings. The van der Waals surface area contributed by atoms with Crippen LogP contribution in [0.25, 0.3) is 0 Å². The van der Waals surface area contributed by atoms with Gasteiger partial charge in [-0.15, -0.1) is 0 Å². The van der Waals surface area contributed by atoms with Gasteiger partial charge in [-0.05, 0) is 23.6 Å². The van der Waals surface area contributed by atoms with Crippen molar-refractivity contribution in [2.45, 2.75) is 19.8 Å². The maximum absolute atomic E-state index is 5.38. The third kappa shape index (κ3) is 3.53. The van der Waals surface area contributed by atoms with Gasteiger partial charge in [-0.3, -0.25) is 0 Å². The molecule has 0 saturated heterocycles. The van der Waals surface area contributed by atoms with Gasteiger partial charge in [0.1, 0.15) is 5.75 Å². The Morgan fingerprint density at radius 1 is 0.950 bits per heavy atom. The van der Waals surface area contributed by atoms with Crippen LogP contribution in [-0.2, 0) is 0 Å². The summed E-state index contributed by atoms with van der Waals surface area (Å²) in [6.07, 6.45) is 0. The number of nitrogens with one attached hydrogen (secondary N) is 1. The predicted octanol–water partition coefficient (Wildman–Crippen LogP) is 4.55. The predicted molar refractivity (Wildman–Crippen MR) is 85.5 cm³/mol. The summed E-state index contributed by atoms with van der Waals surface area (Å²) in [5.41, 5.74) is 2.43. The highest BCUT2D eigenvalue weighted by molar-refractivity contribution is 5.56. The van der Waals surface area contributed by atoms with Gasteiger partial charge in [0.25, 0.3) is 0 Å². The number of anilines is 1. The minimum absolute atomic E-state index is 0.487. The van der Waals surface area contributed by atoms with E-state index in [-0.39, 0.29) is 0 Å². The number of rotatable bonds is 6. The van der Waals surface area contributed by atoms with Crippen molar-refractivity contribution in [3.8, 4) is 5.75 Å². The Hall–Kier alpha value is -1.96. The molecule has 20 heavy (non-hydrogen) atoms. The first-order valence-corrected chi connectivity index (χ1v) is 7.14. The third-order valence-corrected chi connectivity index (χ3v) is 3.65. The second-order valence-electron chi connectivity index (χ2n) is 5.34. The average Bonchev–Trinajstić information content (AvgIpc) is 2.48. The summed E-state index contributed by atoms with van der Waals surface area (Å²) >= 11 is 0. The third-order valence-electron chi connectivity index (χ3n) is 3.65. The van der Waals surface area contributed by atoms with E-state index in [9.17, 15) is 0 Å². The van der Waals surface area contributed by atoms with E-state index in [1.54, 1.807) is 7.11 Å². The Kier molecular flexibility index (Phi) is 5.05. The van der Waals surface area contributed by atoms with E-state index >= 15 is 0 Å². The van der Waals surface area contributed by atoms with Crippen molar-refractivity contribution < 1.29 is 4.74 Å². The molecule has 1 N–H and O–H groups in total. The van der Waals surface area contributed by atoms with E-state index in [0.29, 0.717) is 11.8 Å². The molecule has 0 bridgehead atoms. The van der Waals surface area contributed by atoms with Crippen LogP contribution in [0.5, 0.6) is 5.75 Å². The number of ether oxygens (including phenoxy) is 1. The number of hydrogen-bond donors (Lipinski definition) is 1. The Bertz CT molecular complexity index is 522. The smallest absolute Gasteiger partial charge is 0.141 e. The summed E-state index contributed by atoms with van der Waals surface area (Å²) in [5, 5.41) is 3.52. The maximum Gasteiger partial charge on any atom is 0.141 e. The molecule has 0 aliphatic heterocycles. The first-order valence-electron chi connectivity index (χ1n) is 7.14. The second kappa shape index (κ2) is 6.99. The first-order chi connectivity index (χ1) is 9.72. The lowest BCUT2D eigenvalue weighted by molar-refractivity contribution is 0.416. The fraction of sp³-hybridized carbons (Fsp3) is 0.333. The molecule has 2 nitrogen and oxygen atoms in total. The molecule has 2 aromatic carbocycles. The molecule has 1 atom stereocenters. The molecule has 0 heterocycles. The summed E-state index contributed by atoms with van der Waals surface area (Å²) < 4.78 is 5.38. The van der Waals surface area contributed by atoms with Crippen molar-refractivity contribution in [3.05, 3.63) is 60.2 Å². The Labute approximate surface area is 121 Å². The van der Waals surface area contributed by atoms with E-state index in [2.05, 4.69) is 55.6 Å². The van der Waals surface area contributed by atoms with E-state index in [0.717, 1.165) is 18.0 Å². The van der Waals surface area contributed by atoms with Gasteiger partial charge in [0.15, 0.2) is 0 Å². The lowest BCUT2D eigenvalue weighted by Gasteiger charge is -2.23. The van der Waals surface area contributed by atoms with Gasteiger partial charge in [0.05, 0.1) is 12.8 Å². The monoisotopic (exact) mass is 269 g/mol. The van der Waals surface area contributed by atoms with Crippen LogP contribution in [0.1, 0.15) is 25.3 Å². The molecule has 2 heteroatoms. The summed E-state index contributed by atoms with van der Waals surface area (Å²) in [4.78, 5) is 0. The van der Waals surface area contributed by atoms with Gasteiger partial charge >= 0.3 is 0 Å². The van der Waals surface area contributed by atoms with Gasteiger partial charge in [-0.2, -0.15) is 0 Å². The molecule has 106 valence electrons. The Balaban J connectivity index is 2.10. The molecule has 0 aliphatic rings. The SMILES string of the molecule is COc1ccccc1NCC(c1ccccc1)C(C)C. The van der Waals surface area contributed by atoms with Crippen LogP contribution >= 0.6 is 0 Å². The minimum atomic E-state index is 0.487. The molecule has 0 saturated carbocycles. The van der Waals surface area contributed by atoms with Gasteiger partial charge in [0, 0.05) is 12.5 Å². The van der Waals surface area contributed by atoms with E-state index in [1.165, 1.54) is 5.56 Å². The van der Waals surface area contributed by atoms with E-state index < -0.39 is 0 Å². The maximum atomic E-state index is 5.38. The molecule has 0 radical (unpaired) electrons. The van der Waals surface area contributed by atoms with Crippen LogP contribution < -0.4 is 10.1 Å². The quantitative estimate of drug-likeness (QED) is 0.831. The van der Waals surface area contributed by atoms with Crippen LogP contribution in [-0.4, -0.2) is 13.7 Å². The van der Waals surface area contributed by atoms with Crippen LogP contribution in [0.2, 0.25) is 0 Å². The summed E-state index contributed by atoms with van der Waals surface area (Å²) in [6, 6.07) is 18.7. The normalized spacial score (nSPS) is 12.2. The van der Waals surface area contributed by atoms with Crippen LogP contribution in [0, 0.1) is 5.92 Å². The zero-order chi connectivity index (χ0) is 14.4. The summed E-state index contributed by atoms with van der Waals surface area (Å²) in [5.74, 6) is 1.96. The minimum Gasteiger partial charge on any atom is -0.495 e. The molecule has 2 rings (SSSR count). The van der Waals surface area contributed by atoms with Crippen molar-refractivity contribution in [2.75, 3.05) is 19.0 Å². The van der Waals surface area contributed by atoms with Crippen molar-refractivity contribution in [1.29, 1.82) is 0 Å². The molecule has 0 fully saturated rings. The van der Waals surface area contributed by atoms with Gasteiger partial charge in [-0.1, -0.05) is 56.3 Å². The lowest BCUT2D eigenvalue weighted by Crippen LogP contribution is -2.18.